The third-order valence-corrected chi connectivity index (χ3v) is 4.49. The summed E-state index contributed by atoms with van der Waals surface area (Å²) >= 11 is 0. The van der Waals surface area contributed by atoms with E-state index < -0.39 is 0 Å². The molecule has 0 aliphatic carbocycles. The van der Waals surface area contributed by atoms with Gasteiger partial charge < -0.3 is 15.1 Å². The molecule has 0 aromatic carbocycles. The van der Waals surface area contributed by atoms with Gasteiger partial charge in [0.25, 0.3) is 0 Å². The summed E-state index contributed by atoms with van der Waals surface area (Å²) in [5.74, 6) is 0.630. The zero-order valence-electron chi connectivity index (χ0n) is 12.0. The molecule has 2 rings (SSSR count). The quantitative estimate of drug-likeness (QED) is 0.812. The highest BCUT2D eigenvalue weighted by Gasteiger charge is 2.35. The largest absolute Gasteiger partial charge is 0.337 e. The van der Waals surface area contributed by atoms with Crippen molar-refractivity contribution in [1.29, 1.82) is 0 Å². The Morgan fingerprint density at radius 2 is 2.06 bits per heavy atom. The predicted octanol–water partition coefficient (Wildman–Crippen LogP) is 0.927. The van der Waals surface area contributed by atoms with Crippen LogP contribution in [-0.4, -0.2) is 61.0 Å². The molecule has 0 aromatic heterocycles. The van der Waals surface area contributed by atoms with Crippen LogP contribution in [0.25, 0.3) is 0 Å². The fourth-order valence-electron chi connectivity index (χ4n) is 3.14. The first-order valence-corrected chi connectivity index (χ1v) is 7.38. The van der Waals surface area contributed by atoms with Gasteiger partial charge in [0.1, 0.15) is 0 Å². The van der Waals surface area contributed by atoms with Crippen molar-refractivity contribution >= 4 is 5.91 Å². The lowest BCUT2D eigenvalue weighted by Gasteiger charge is -2.41. The molecule has 3 unspecified atom stereocenters. The maximum absolute atomic E-state index is 12.6. The van der Waals surface area contributed by atoms with E-state index in [1.54, 1.807) is 0 Å². The molecule has 2 saturated heterocycles. The third kappa shape index (κ3) is 2.86. The zero-order valence-corrected chi connectivity index (χ0v) is 12.0. The lowest BCUT2D eigenvalue weighted by atomic mass is 10.0. The van der Waals surface area contributed by atoms with E-state index in [9.17, 15) is 4.79 Å². The molecule has 0 spiro atoms. The van der Waals surface area contributed by atoms with Gasteiger partial charge in [0.2, 0.25) is 5.91 Å². The van der Waals surface area contributed by atoms with Crippen molar-refractivity contribution < 1.29 is 4.79 Å². The lowest BCUT2D eigenvalue weighted by molar-refractivity contribution is -0.139. The first kappa shape index (κ1) is 13.8. The summed E-state index contributed by atoms with van der Waals surface area (Å²) in [7, 11) is 2.11. The molecule has 2 aliphatic heterocycles. The van der Waals surface area contributed by atoms with Gasteiger partial charge >= 0.3 is 0 Å². The number of hydrogen-bond donors (Lipinski definition) is 1. The van der Waals surface area contributed by atoms with Crippen LogP contribution in [0.4, 0.5) is 0 Å². The maximum Gasteiger partial charge on any atom is 0.227 e. The van der Waals surface area contributed by atoms with E-state index in [1.165, 1.54) is 0 Å². The number of nitrogens with one attached hydrogen (secondary N) is 1. The summed E-state index contributed by atoms with van der Waals surface area (Å²) in [5.41, 5.74) is 0. The average Bonchev–Trinajstić information content (AvgIpc) is 2.83. The Bertz CT molecular complexity index is 295. The zero-order chi connectivity index (χ0) is 13.1. The van der Waals surface area contributed by atoms with Crippen molar-refractivity contribution in [3.05, 3.63) is 0 Å². The number of carbonyl (C=O) groups excluding carboxylic acids is 1. The fourth-order valence-corrected chi connectivity index (χ4v) is 3.14. The van der Waals surface area contributed by atoms with Crippen LogP contribution in [0.2, 0.25) is 0 Å². The molecule has 18 heavy (non-hydrogen) atoms. The first-order chi connectivity index (χ1) is 8.65. The van der Waals surface area contributed by atoms with Gasteiger partial charge in [-0.2, -0.15) is 0 Å². The molecule has 2 fully saturated rings. The molecule has 0 saturated carbocycles. The fraction of sp³-hybridized carbons (Fsp3) is 0.929. The summed E-state index contributed by atoms with van der Waals surface area (Å²) in [5, 5.41) is 3.55. The molecule has 104 valence electrons. The number of hydrogen-bond acceptors (Lipinski definition) is 3. The van der Waals surface area contributed by atoms with Gasteiger partial charge in [-0.1, -0.05) is 13.8 Å². The Balaban J connectivity index is 2.00. The van der Waals surface area contributed by atoms with Crippen molar-refractivity contribution in [3.63, 3.8) is 0 Å². The van der Waals surface area contributed by atoms with Crippen molar-refractivity contribution in [1.82, 2.24) is 15.1 Å². The molecule has 0 bridgehead atoms. The standard InChI is InChI=1S/C14H27N3O/c1-4-12-10-17(13(5-2)8-15-12)14(18)11-6-7-16(3)9-11/h11-13,15H,4-10H2,1-3H3. The monoisotopic (exact) mass is 253 g/mol. The van der Waals surface area contributed by atoms with Gasteiger partial charge in [-0.25, -0.2) is 0 Å². The van der Waals surface area contributed by atoms with Gasteiger partial charge in [0.05, 0.1) is 5.92 Å². The minimum Gasteiger partial charge on any atom is -0.337 e. The Morgan fingerprint density at radius 3 is 2.61 bits per heavy atom. The number of carbonyl (C=O) groups is 1. The minimum absolute atomic E-state index is 0.236. The molecular weight excluding hydrogens is 226 g/mol. The van der Waals surface area contributed by atoms with E-state index in [0.29, 0.717) is 18.0 Å². The van der Waals surface area contributed by atoms with Crippen LogP contribution in [0, 0.1) is 5.92 Å². The van der Waals surface area contributed by atoms with Crippen LogP contribution < -0.4 is 5.32 Å². The molecule has 1 amide bonds. The number of amides is 1. The highest BCUT2D eigenvalue weighted by atomic mass is 16.2. The van der Waals surface area contributed by atoms with Gasteiger partial charge in [-0.05, 0) is 32.9 Å². The van der Waals surface area contributed by atoms with Crippen molar-refractivity contribution in [2.75, 3.05) is 33.2 Å². The Hall–Kier alpha value is -0.610. The van der Waals surface area contributed by atoms with Crippen LogP contribution in [0.15, 0.2) is 0 Å². The topological polar surface area (TPSA) is 35.6 Å². The molecule has 4 nitrogen and oxygen atoms in total. The lowest BCUT2D eigenvalue weighted by Crippen LogP contribution is -2.59. The van der Waals surface area contributed by atoms with E-state index in [2.05, 4.69) is 36.0 Å². The van der Waals surface area contributed by atoms with E-state index in [1.807, 2.05) is 0 Å². The highest BCUT2D eigenvalue weighted by molar-refractivity contribution is 5.80. The SMILES string of the molecule is CCC1CN(C(=O)C2CCN(C)C2)C(CC)CN1. The van der Waals surface area contributed by atoms with E-state index in [4.69, 9.17) is 0 Å². The minimum atomic E-state index is 0.236. The Labute approximate surface area is 111 Å². The van der Waals surface area contributed by atoms with Gasteiger partial charge in [0.15, 0.2) is 0 Å². The number of piperazine rings is 1. The summed E-state index contributed by atoms with van der Waals surface area (Å²) in [6.07, 6.45) is 3.19. The smallest absolute Gasteiger partial charge is 0.227 e. The molecule has 2 aliphatic rings. The normalized spacial score (nSPS) is 33.9. The van der Waals surface area contributed by atoms with Crippen molar-refractivity contribution in [3.8, 4) is 0 Å². The molecule has 1 N–H and O–H groups in total. The van der Waals surface area contributed by atoms with E-state index >= 15 is 0 Å². The summed E-state index contributed by atoms with van der Waals surface area (Å²) in [4.78, 5) is 17.1. The molecule has 4 heteroatoms. The van der Waals surface area contributed by atoms with Crippen LogP contribution >= 0.6 is 0 Å². The molecule has 2 heterocycles. The summed E-state index contributed by atoms with van der Waals surface area (Å²) in [6.45, 7) is 8.24. The van der Waals surface area contributed by atoms with Gasteiger partial charge in [0, 0.05) is 31.7 Å². The van der Waals surface area contributed by atoms with E-state index in [0.717, 1.165) is 45.4 Å². The highest BCUT2D eigenvalue weighted by Crippen LogP contribution is 2.21. The molecule has 0 radical (unpaired) electrons. The second kappa shape index (κ2) is 6.02. The molecule has 3 atom stereocenters. The second-order valence-electron chi connectivity index (χ2n) is 5.81. The predicted molar refractivity (Wildman–Crippen MR) is 73.5 cm³/mol. The van der Waals surface area contributed by atoms with Crippen molar-refractivity contribution in [2.24, 2.45) is 5.92 Å². The average molecular weight is 253 g/mol. The van der Waals surface area contributed by atoms with Crippen LogP contribution in [-0.2, 0) is 4.79 Å². The number of rotatable bonds is 3. The first-order valence-electron chi connectivity index (χ1n) is 7.38. The van der Waals surface area contributed by atoms with Crippen molar-refractivity contribution in [2.45, 2.75) is 45.2 Å². The van der Waals surface area contributed by atoms with Crippen LogP contribution in [0.1, 0.15) is 33.1 Å². The second-order valence-corrected chi connectivity index (χ2v) is 5.81. The van der Waals surface area contributed by atoms with Crippen LogP contribution in [0.5, 0.6) is 0 Å². The van der Waals surface area contributed by atoms with Gasteiger partial charge in [-0.3, -0.25) is 4.79 Å². The number of likely N-dealkylation sites (tertiary alicyclic amines) is 1. The maximum atomic E-state index is 12.6. The van der Waals surface area contributed by atoms with Gasteiger partial charge in [-0.15, -0.1) is 0 Å². The van der Waals surface area contributed by atoms with E-state index in [-0.39, 0.29) is 5.92 Å². The third-order valence-electron chi connectivity index (χ3n) is 4.49. The molecular formula is C14H27N3O. The summed E-state index contributed by atoms with van der Waals surface area (Å²) < 4.78 is 0. The number of nitrogens with zero attached hydrogens (tertiary/aromatic N) is 2. The Morgan fingerprint density at radius 1 is 1.28 bits per heavy atom. The molecule has 0 aromatic rings. The Kier molecular flexibility index (Phi) is 4.62. The summed E-state index contributed by atoms with van der Waals surface area (Å²) in [6, 6.07) is 0.877. The van der Waals surface area contributed by atoms with Crippen LogP contribution in [0.3, 0.4) is 0 Å².